The van der Waals surface area contributed by atoms with Crippen LogP contribution in [0.2, 0.25) is 0 Å². The minimum atomic E-state index is -0.932. The van der Waals surface area contributed by atoms with Gasteiger partial charge in [0, 0.05) is 5.56 Å². The van der Waals surface area contributed by atoms with E-state index in [1.54, 1.807) is 6.07 Å². The molecule has 0 unspecified atom stereocenters. The second kappa shape index (κ2) is 10.6. The predicted octanol–water partition coefficient (Wildman–Crippen LogP) is 7.43. The van der Waals surface area contributed by atoms with E-state index in [1.807, 2.05) is 50.3 Å². The maximum absolute atomic E-state index is 14.5. The molecule has 0 amide bonds. The molecule has 0 aliphatic rings. The van der Waals surface area contributed by atoms with Crippen molar-refractivity contribution < 1.29 is 13.5 Å². The molecule has 0 aromatic heterocycles. The summed E-state index contributed by atoms with van der Waals surface area (Å²) in [5.41, 5.74) is 4.01. The Kier molecular flexibility index (Phi) is 8.19. The first-order valence-electron chi connectivity index (χ1n) is 9.63. The molecule has 148 valence electrons. The van der Waals surface area contributed by atoms with Crippen LogP contribution in [-0.2, 0) is 6.42 Å². The summed E-state index contributed by atoms with van der Waals surface area (Å²) in [6.45, 7) is 12.2. The third-order valence-corrected chi connectivity index (χ3v) is 4.41. The highest BCUT2D eigenvalue weighted by Crippen LogP contribution is 2.30. The quantitative estimate of drug-likeness (QED) is 0.307. The molecule has 0 heterocycles. The smallest absolute Gasteiger partial charge is 0.201 e. The molecule has 0 atom stereocenters. The number of halogens is 2. The normalized spacial score (nSPS) is 11.0. The molecule has 2 aromatic rings. The molecule has 0 radical (unpaired) electrons. The topological polar surface area (TPSA) is 9.23 Å². The number of hydrogen-bond acceptors (Lipinski definition) is 1. The Labute approximate surface area is 167 Å². The number of hydrogen-bond donors (Lipinski definition) is 0. The summed E-state index contributed by atoms with van der Waals surface area (Å²) in [6, 6.07) is 10.6. The van der Waals surface area contributed by atoms with Crippen molar-refractivity contribution in [3.63, 3.8) is 0 Å². The van der Waals surface area contributed by atoms with Gasteiger partial charge in [-0.15, -0.1) is 0 Å². The van der Waals surface area contributed by atoms with Crippen molar-refractivity contribution in [3.8, 4) is 16.9 Å². The summed E-state index contributed by atoms with van der Waals surface area (Å²) in [4.78, 5) is 0. The van der Waals surface area contributed by atoms with Crippen LogP contribution in [0.5, 0.6) is 5.75 Å². The molecule has 0 bridgehead atoms. The molecular formula is C25H28F2O. The fraction of sp³-hybridized carbons (Fsp3) is 0.280. The molecule has 3 heteroatoms. The van der Waals surface area contributed by atoms with Crippen LogP contribution in [0.15, 0.2) is 72.9 Å². The van der Waals surface area contributed by atoms with Crippen molar-refractivity contribution >= 4 is 0 Å². The van der Waals surface area contributed by atoms with Crippen molar-refractivity contribution in [1.82, 2.24) is 0 Å². The van der Waals surface area contributed by atoms with E-state index in [0.29, 0.717) is 12.2 Å². The lowest BCUT2D eigenvalue weighted by Crippen LogP contribution is -2.01. The average molecular weight is 382 g/mol. The number of ether oxygens (including phenoxy) is 1. The van der Waals surface area contributed by atoms with Gasteiger partial charge in [0.25, 0.3) is 0 Å². The molecule has 0 aliphatic carbocycles. The van der Waals surface area contributed by atoms with Crippen molar-refractivity contribution in [1.29, 1.82) is 0 Å². The second-order valence-electron chi connectivity index (χ2n) is 6.98. The Bertz CT molecular complexity index is 848. The third-order valence-electron chi connectivity index (χ3n) is 4.41. The highest BCUT2D eigenvalue weighted by molar-refractivity contribution is 5.65. The highest BCUT2D eigenvalue weighted by Gasteiger charge is 2.15. The predicted molar refractivity (Wildman–Crippen MR) is 114 cm³/mol. The zero-order valence-electron chi connectivity index (χ0n) is 16.7. The first kappa shape index (κ1) is 21.6. The van der Waals surface area contributed by atoms with Crippen molar-refractivity contribution in [3.05, 3.63) is 90.1 Å². The summed E-state index contributed by atoms with van der Waals surface area (Å²) in [5.74, 6) is -1.84. The largest absolute Gasteiger partial charge is 0.490 e. The van der Waals surface area contributed by atoms with E-state index >= 15 is 0 Å². The van der Waals surface area contributed by atoms with Gasteiger partial charge in [0.05, 0.1) is 6.61 Å². The van der Waals surface area contributed by atoms with Crippen LogP contribution in [0.3, 0.4) is 0 Å². The van der Waals surface area contributed by atoms with Crippen LogP contribution in [0.25, 0.3) is 11.1 Å². The molecule has 0 saturated heterocycles. The number of allylic oxidation sites excluding steroid dienone is 4. The van der Waals surface area contributed by atoms with E-state index in [9.17, 15) is 8.78 Å². The third kappa shape index (κ3) is 6.19. The van der Waals surface area contributed by atoms with Gasteiger partial charge < -0.3 is 4.74 Å². The van der Waals surface area contributed by atoms with Crippen molar-refractivity contribution in [2.75, 3.05) is 6.61 Å². The van der Waals surface area contributed by atoms with Gasteiger partial charge in [-0.25, -0.2) is 4.39 Å². The number of aryl methyl sites for hydroxylation is 1. The highest BCUT2D eigenvalue weighted by atomic mass is 19.2. The first-order chi connectivity index (χ1) is 13.4. The summed E-state index contributed by atoms with van der Waals surface area (Å²) in [5, 5.41) is 0. The zero-order chi connectivity index (χ0) is 20.5. The SMILES string of the molecule is C=C(C)/C=C\C(=C)CCc1ccc(-c2ccc(OCCCC)c(F)c2F)cc1. The standard InChI is InChI=1S/C25H28F2O/c1-5-6-17-28-23-16-15-22(24(26)25(23)27)21-13-11-20(12-14-21)10-9-19(4)8-7-18(2)3/h7-8,11-16H,2,4-6,9-10,17H2,1,3H3/b8-7-. The summed E-state index contributed by atoms with van der Waals surface area (Å²) in [7, 11) is 0. The van der Waals surface area contributed by atoms with Crippen LogP contribution in [-0.4, -0.2) is 6.61 Å². The number of rotatable bonds is 10. The Morgan fingerprint density at radius 1 is 1.00 bits per heavy atom. The molecule has 0 saturated carbocycles. The van der Waals surface area contributed by atoms with Crippen LogP contribution in [0, 0.1) is 11.6 Å². The van der Waals surface area contributed by atoms with Crippen molar-refractivity contribution in [2.45, 2.75) is 39.5 Å². The minimum absolute atomic E-state index is 0.0346. The van der Waals surface area contributed by atoms with Crippen LogP contribution >= 0.6 is 0 Å². The lowest BCUT2D eigenvalue weighted by molar-refractivity contribution is 0.289. The Morgan fingerprint density at radius 3 is 2.36 bits per heavy atom. The Hall–Kier alpha value is -2.68. The van der Waals surface area contributed by atoms with Gasteiger partial charge in [-0.1, -0.05) is 74.1 Å². The van der Waals surface area contributed by atoms with Crippen LogP contribution in [0.1, 0.15) is 38.7 Å². The molecule has 0 spiro atoms. The van der Waals surface area contributed by atoms with E-state index in [1.165, 1.54) is 6.07 Å². The zero-order valence-corrected chi connectivity index (χ0v) is 16.7. The average Bonchev–Trinajstić information content (AvgIpc) is 2.69. The van der Waals surface area contributed by atoms with Crippen molar-refractivity contribution in [2.24, 2.45) is 0 Å². The van der Waals surface area contributed by atoms with Crippen LogP contribution < -0.4 is 4.74 Å². The molecular weight excluding hydrogens is 354 g/mol. The Morgan fingerprint density at radius 2 is 1.71 bits per heavy atom. The lowest BCUT2D eigenvalue weighted by atomic mass is 10.00. The minimum Gasteiger partial charge on any atom is -0.490 e. The molecule has 0 aliphatic heterocycles. The molecule has 1 nitrogen and oxygen atoms in total. The summed E-state index contributed by atoms with van der Waals surface area (Å²) >= 11 is 0. The molecule has 28 heavy (non-hydrogen) atoms. The number of benzene rings is 2. The summed E-state index contributed by atoms with van der Waals surface area (Å²) < 4.78 is 34.1. The second-order valence-corrected chi connectivity index (χ2v) is 6.98. The van der Waals surface area contributed by atoms with E-state index in [2.05, 4.69) is 13.2 Å². The monoisotopic (exact) mass is 382 g/mol. The van der Waals surface area contributed by atoms with E-state index in [0.717, 1.165) is 42.4 Å². The Balaban J connectivity index is 2.05. The first-order valence-corrected chi connectivity index (χ1v) is 9.63. The maximum Gasteiger partial charge on any atom is 0.201 e. The van der Waals surface area contributed by atoms with Gasteiger partial charge in [-0.05, 0) is 49.4 Å². The fourth-order valence-corrected chi connectivity index (χ4v) is 2.69. The van der Waals surface area contributed by atoms with Crippen LogP contribution in [0.4, 0.5) is 8.78 Å². The fourth-order valence-electron chi connectivity index (χ4n) is 2.69. The molecule has 0 N–H and O–H groups in total. The lowest BCUT2D eigenvalue weighted by Gasteiger charge is -2.11. The van der Waals surface area contributed by atoms with Gasteiger partial charge in [0.1, 0.15) is 0 Å². The molecule has 2 rings (SSSR count). The number of unbranched alkanes of at least 4 members (excludes halogenated alkanes) is 1. The van der Waals surface area contributed by atoms with Gasteiger partial charge >= 0.3 is 0 Å². The van der Waals surface area contributed by atoms with Gasteiger partial charge in [0.15, 0.2) is 11.6 Å². The van der Waals surface area contributed by atoms with Gasteiger partial charge in [-0.2, -0.15) is 4.39 Å². The van der Waals surface area contributed by atoms with Gasteiger partial charge in [0.2, 0.25) is 5.82 Å². The summed E-state index contributed by atoms with van der Waals surface area (Å²) in [6.07, 6.45) is 7.32. The van der Waals surface area contributed by atoms with E-state index in [4.69, 9.17) is 4.74 Å². The molecule has 2 aromatic carbocycles. The molecule has 0 fully saturated rings. The maximum atomic E-state index is 14.5. The van der Waals surface area contributed by atoms with E-state index in [-0.39, 0.29) is 11.3 Å². The van der Waals surface area contributed by atoms with E-state index < -0.39 is 11.6 Å². The van der Waals surface area contributed by atoms with Gasteiger partial charge in [-0.3, -0.25) is 0 Å².